The fourth-order valence-electron chi connectivity index (χ4n) is 3.02. The predicted molar refractivity (Wildman–Crippen MR) is 108 cm³/mol. The third-order valence-corrected chi connectivity index (χ3v) is 6.41. The Balaban J connectivity index is 0.00000196. The van der Waals surface area contributed by atoms with Crippen LogP contribution in [0.25, 0.3) is 9.40 Å². The van der Waals surface area contributed by atoms with E-state index in [9.17, 15) is 9.59 Å². The van der Waals surface area contributed by atoms with Crippen molar-refractivity contribution in [1.29, 1.82) is 0 Å². The first kappa shape index (κ1) is 18.8. The monoisotopic (exact) mass is 407 g/mol. The normalized spacial score (nSPS) is 14.8. The van der Waals surface area contributed by atoms with Crippen LogP contribution >= 0.6 is 35.1 Å². The van der Waals surface area contributed by atoms with E-state index < -0.39 is 0 Å². The Morgan fingerprint density at radius 1 is 1.00 bits per heavy atom. The number of nitrogens with zero attached hydrogens (tertiary/aromatic N) is 3. The second-order valence-electron chi connectivity index (χ2n) is 5.94. The molecule has 0 spiro atoms. The van der Waals surface area contributed by atoms with E-state index in [1.54, 1.807) is 47.2 Å². The Labute approximate surface area is 165 Å². The number of hydrogen-bond donors (Lipinski definition) is 0. The predicted octanol–water partition coefficient (Wildman–Crippen LogP) is 3.77. The number of halogens is 1. The van der Waals surface area contributed by atoms with Crippen LogP contribution in [0.1, 0.15) is 26.5 Å². The van der Waals surface area contributed by atoms with Crippen molar-refractivity contribution >= 4 is 56.3 Å². The minimum Gasteiger partial charge on any atom is -0.337 e. The summed E-state index contributed by atoms with van der Waals surface area (Å²) in [5, 5.41) is 2.04. The van der Waals surface area contributed by atoms with Crippen molar-refractivity contribution in [3.05, 3.63) is 52.5 Å². The maximum atomic E-state index is 12.8. The maximum Gasteiger partial charge on any atom is 0.264 e. The topological polar surface area (TPSA) is 53.5 Å². The highest BCUT2D eigenvalue weighted by molar-refractivity contribution is 7.27. The van der Waals surface area contributed by atoms with Gasteiger partial charge in [0.25, 0.3) is 11.8 Å². The molecule has 5 nitrogen and oxygen atoms in total. The van der Waals surface area contributed by atoms with Crippen LogP contribution < -0.4 is 0 Å². The van der Waals surface area contributed by atoms with E-state index in [0.717, 1.165) is 20.7 Å². The van der Waals surface area contributed by atoms with Gasteiger partial charge in [0.1, 0.15) is 0 Å². The zero-order valence-electron chi connectivity index (χ0n) is 14.0. The minimum absolute atomic E-state index is 0. The highest BCUT2D eigenvalue weighted by Crippen LogP contribution is 2.30. The van der Waals surface area contributed by atoms with Crippen molar-refractivity contribution in [2.75, 3.05) is 26.2 Å². The van der Waals surface area contributed by atoms with E-state index in [4.69, 9.17) is 0 Å². The van der Waals surface area contributed by atoms with Gasteiger partial charge in [-0.25, -0.2) is 0 Å². The Morgan fingerprint density at radius 3 is 2.46 bits per heavy atom. The number of pyridine rings is 1. The molecule has 1 fully saturated rings. The van der Waals surface area contributed by atoms with Crippen LogP contribution in [0.15, 0.2) is 42.0 Å². The molecule has 2 amide bonds. The fraction of sp³-hybridized carbons (Fsp3) is 0.278. The zero-order valence-corrected chi connectivity index (χ0v) is 16.4. The standard InChI is InChI=1S/C18H17N3O2S2.ClH/c22-17(13-3-1-5-19-12-13)20-6-2-7-21(9-8-20)18(23)16-11-15-14(25-16)4-10-24-15;/h1,3-5,10-12H,2,6-9H2;1H. The molecule has 1 aliphatic rings. The summed E-state index contributed by atoms with van der Waals surface area (Å²) in [4.78, 5) is 33.8. The maximum absolute atomic E-state index is 12.8. The van der Waals surface area contributed by atoms with Crippen molar-refractivity contribution in [2.24, 2.45) is 0 Å². The van der Waals surface area contributed by atoms with E-state index in [2.05, 4.69) is 11.1 Å². The number of fused-ring (bicyclic) bond motifs is 1. The molecule has 0 radical (unpaired) electrons. The molecule has 3 aromatic rings. The van der Waals surface area contributed by atoms with Gasteiger partial charge in [0.2, 0.25) is 0 Å². The molecule has 0 aromatic carbocycles. The highest BCUT2D eigenvalue weighted by atomic mass is 35.5. The smallest absolute Gasteiger partial charge is 0.264 e. The molecule has 0 atom stereocenters. The zero-order chi connectivity index (χ0) is 17.2. The van der Waals surface area contributed by atoms with Crippen molar-refractivity contribution in [1.82, 2.24) is 14.8 Å². The summed E-state index contributed by atoms with van der Waals surface area (Å²) in [7, 11) is 0. The van der Waals surface area contributed by atoms with Crippen LogP contribution in [0.5, 0.6) is 0 Å². The lowest BCUT2D eigenvalue weighted by Gasteiger charge is -2.21. The van der Waals surface area contributed by atoms with Crippen molar-refractivity contribution in [3.8, 4) is 0 Å². The number of rotatable bonds is 2. The molecule has 136 valence electrons. The van der Waals surface area contributed by atoms with Gasteiger partial charge in [-0.3, -0.25) is 14.6 Å². The average Bonchev–Trinajstić information content (AvgIpc) is 3.15. The first-order valence-electron chi connectivity index (χ1n) is 8.18. The van der Waals surface area contributed by atoms with E-state index in [1.807, 2.05) is 21.2 Å². The molecule has 1 saturated heterocycles. The fourth-order valence-corrected chi connectivity index (χ4v) is 5.10. The van der Waals surface area contributed by atoms with E-state index in [1.165, 1.54) is 0 Å². The highest BCUT2D eigenvalue weighted by Gasteiger charge is 2.24. The Hall–Kier alpha value is -1.96. The molecule has 3 aromatic heterocycles. The van der Waals surface area contributed by atoms with Gasteiger partial charge in [-0.1, -0.05) is 0 Å². The third-order valence-electron chi connectivity index (χ3n) is 4.33. The van der Waals surface area contributed by atoms with Crippen LogP contribution in [-0.4, -0.2) is 52.8 Å². The molecule has 26 heavy (non-hydrogen) atoms. The summed E-state index contributed by atoms with van der Waals surface area (Å²) in [6.07, 6.45) is 4.04. The molecular weight excluding hydrogens is 390 g/mol. The van der Waals surface area contributed by atoms with Gasteiger partial charge in [-0.15, -0.1) is 35.1 Å². The number of thiophene rings is 2. The molecule has 0 bridgehead atoms. The van der Waals surface area contributed by atoms with Crippen molar-refractivity contribution < 1.29 is 9.59 Å². The lowest BCUT2D eigenvalue weighted by atomic mass is 10.2. The largest absolute Gasteiger partial charge is 0.337 e. The number of aromatic nitrogens is 1. The second-order valence-corrected chi connectivity index (χ2v) is 7.97. The second kappa shape index (κ2) is 8.16. The van der Waals surface area contributed by atoms with E-state index >= 15 is 0 Å². The summed E-state index contributed by atoms with van der Waals surface area (Å²) in [6, 6.07) is 7.58. The van der Waals surface area contributed by atoms with E-state index in [0.29, 0.717) is 31.7 Å². The van der Waals surface area contributed by atoms with Crippen molar-refractivity contribution in [2.45, 2.75) is 6.42 Å². The van der Waals surface area contributed by atoms with Crippen LogP contribution in [0.2, 0.25) is 0 Å². The first-order valence-corrected chi connectivity index (χ1v) is 9.87. The molecule has 0 saturated carbocycles. The Kier molecular flexibility index (Phi) is 5.90. The molecule has 4 rings (SSSR count). The molecular formula is C18H18ClN3O2S2. The van der Waals surface area contributed by atoms with Gasteiger partial charge in [-0.05, 0) is 36.1 Å². The van der Waals surface area contributed by atoms with E-state index in [-0.39, 0.29) is 24.2 Å². The van der Waals surface area contributed by atoms with Gasteiger partial charge in [0.05, 0.1) is 10.4 Å². The van der Waals surface area contributed by atoms with Gasteiger partial charge < -0.3 is 9.80 Å². The molecule has 8 heteroatoms. The Morgan fingerprint density at radius 2 is 1.77 bits per heavy atom. The van der Waals surface area contributed by atoms with Crippen molar-refractivity contribution in [3.63, 3.8) is 0 Å². The molecule has 1 aliphatic heterocycles. The molecule has 4 heterocycles. The number of amides is 2. The number of carbonyl (C=O) groups is 2. The summed E-state index contributed by atoms with van der Waals surface area (Å²) < 4.78 is 2.33. The summed E-state index contributed by atoms with van der Waals surface area (Å²) in [5.74, 6) is 0.0584. The summed E-state index contributed by atoms with van der Waals surface area (Å²) in [6.45, 7) is 2.47. The van der Waals surface area contributed by atoms with Crippen LogP contribution in [0.3, 0.4) is 0 Å². The number of carbonyl (C=O) groups excluding carboxylic acids is 2. The summed E-state index contributed by atoms with van der Waals surface area (Å²) >= 11 is 3.21. The van der Waals surface area contributed by atoms with Gasteiger partial charge in [0, 0.05) is 48.0 Å². The molecule has 0 N–H and O–H groups in total. The molecule has 0 aliphatic carbocycles. The third kappa shape index (κ3) is 3.75. The quantitative estimate of drug-likeness (QED) is 0.649. The van der Waals surface area contributed by atoms with Crippen LogP contribution in [0, 0.1) is 0 Å². The van der Waals surface area contributed by atoms with Gasteiger partial charge >= 0.3 is 0 Å². The minimum atomic E-state index is -0.0148. The van der Waals surface area contributed by atoms with Crippen LogP contribution in [0.4, 0.5) is 0 Å². The SMILES string of the molecule is Cl.O=C(c1cccnc1)N1CCCN(C(=O)c2cc3sccc3s2)CC1. The van der Waals surface area contributed by atoms with Gasteiger partial charge in [-0.2, -0.15) is 0 Å². The van der Waals surface area contributed by atoms with Crippen LogP contribution in [-0.2, 0) is 0 Å². The first-order chi connectivity index (χ1) is 12.2. The van der Waals surface area contributed by atoms with Gasteiger partial charge in [0.15, 0.2) is 0 Å². The molecule has 0 unspecified atom stereocenters. The Bertz CT molecular complexity index is 881. The lowest BCUT2D eigenvalue weighted by molar-refractivity contribution is 0.0721. The number of hydrogen-bond acceptors (Lipinski definition) is 5. The average molecular weight is 408 g/mol. The summed E-state index contributed by atoms with van der Waals surface area (Å²) in [5.41, 5.74) is 0.598. The lowest BCUT2D eigenvalue weighted by Crippen LogP contribution is -2.37.